The Morgan fingerprint density at radius 1 is 0.875 bits per heavy atom. The molecular weight excluding hydrogens is 569 g/mol. The van der Waals surface area contributed by atoms with Gasteiger partial charge in [-0.1, -0.05) is 24.3 Å². The van der Waals surface area contributed by atoms with Crippen LogP contribution in [-0.4, -0.2) is 39.9 Å². The minimum atomic E-state index is -0.675. The van der Waals surface area contributed by atoms with Crippen molar-refractivity contribution in [1.29, 1.82) is 0 Å². The molecule has 0 aliphatic rings. The highest BCUT2D eigenvalue weighted by Gasteiger charge is 2.08. The van der Waals surface area contributed by atoms with Gasteiger partial charge in [0.1, 0.15) is 6.20 Å². The van der Waals surface area contributed by atoms with Gasteiger partial charge in [0.15, 0.2) is 0 Å². The van der Waals surface area contributed by atoms with Gasteiger partial charge in [0.25, 0.3) is 5.69 Å². The van der Waals surface area contributed by atoms with Crippen LogP contribution in [0.2, 0.25) is 0 Å². The summed E-state index contributed by atoms with van der Waals surface area (Å²) in [4.78, 5) is 37.6. The molecule has 0 aliphatic carbocycles. The lowest BCUT2D eigenvalue weighted by atomic mass is 10.1. The van der Waals surface area contributed by atoms with Gasteiger partial charge in [-0.2, -0.15) is 0 Å². The number of hydrogen-bond donors (Lipinski definition) is 1. The predicted octanol–water partition coefficient (Wildman–Crippen LogP) is 7.17. The molecule has 0 saturated carbocycles. The second-order valence-electron chi connectivity index (χ2n) is 7.85. The molecule has 4 rings (SSSR count). The van der Waals surface area contributed by atoms with Crippen molar-refractivity contribution in [3.8, 4) is 0 Å². The highest BCUT2D eigenvalue weighted by Crippen LogP contribution is 2.23. The molecule has 1 aromatic heterocycles. The van der Waals surface area contributed by atoms with Gasteiger partial charge in [-0.05, 0) is 73.2 Å². The molecule has 0 bridgehead atoms. The molecule has 0 aliphatic heterocycles. The minimum Gasteiger partial charge on any atom is -0.399 e. The molecule has 0 radical (unpaired) electrons. The summed E-state index contributed by atoms with van der Waals surface area (Å²) in [5.74, 6) is 0. The first-order chi connectivity index (χ1) is 19.2. The van der Waals surface area contributed by atoms with Gasteiger partial charge < -0.3 is 5.73 Å². The zero-order chi connectivity index (χ0) is 29.5. The standard InChI is InChI=1S/C11H11NO3S.C10H8N2O2S.C7H9NS/c1-16-11-4-2-3-9(7-11)5-6-10(8-13)12(14)15;1-15-9-3-2-7-4-8(12(13)14)6-11-10(7)5-9;1-9-7-4-2-3-6(8)5-7/h2-4,6-8H,5H2,1H3;2-6H,1H3;2-5H,8H2,1H3/b10-6+;;. The van der Waals surface area contributed by atoms with Crippen molar-refractivity contribution in [2.24, 2.45) is 0 Å². The van der Waals surface area contributed by atoms with Crippen LogP contribution in [0.1, 0.15) is 5.56 Å². The van der Waals surface area contributed by atoms with Crippen molar-refractivity contribution in [3.63, 3.8) is 0 Å². The van der Waals surface area contributed by atoms with Crippen LogP contribution in [0.25, 0.3) is 10.9 Å². The van der Waals surface area contributed by atoms with Gasteiger partial charge in [-0.25, -0.2) is 4.98 Å². The molecule has 0 amide bonds. The van der Waals surface area contributed by atoms with Gasteiger partial charge in [0, 0.05) is 37.9 Å². The topological polar surface area (TPSA) is 142 Å². The van der Waals surface area contributed by atoms with Gasteiger partial charge in [-0.15, -0.1) is 35.3 Å². The van der Waals surface area contributed by atoms with Crippen molar-refractivity contribution < 1.29 is 14.6 Å². The van der Waals surface area contributed by atoms with E-state index >= 15 is 0 Å². The van der Waals surface area contributed by atoms with Crippen molar-refractivity contribution in [3.05, 3.63) is 117 Å². The van der Waals surface area contributed by atoms with Crippen LogP contribution >= 0.6 is 35.3 Å². The SMILES string of the molecule is CSc1ccc2cc([N+](=O)[O-])cnc2c1.CSc1cccc(C/C=C(\C=O)[N+](=O)[O-])c1.CSc1cccc(N)c1. The summed E-state index contributed by atoms with van der Waals surface area (Å²) >= 11 is 4.93. The van der Waals surface area contributed by atoms with Crippen molar-refractivity contribution >= 4 is 63.8 Å². The number of fused-ring (bicyclic) bond motifs is 1. The number of benzene rings is 3. The second kappa shape index (κ2) is 17.0. The quantitative estimate of drug-likeness (QED) is 0.0555. The molecule has 9 nitrogen and oxygen atoms in total. The maximum Gasteiger partial charge on any atom is 0.305 e. The number of aromatic nitrogens is 1. The lowest BCUT2D eigenvalue weighted by Crippen LogP contribution is -2.00. The Morgan fingerprint density at radius 2 is 1.50 bits per heavy atom. The number of nitrogens with zero attached hydrogens (tertiary/aromatic N) is 3. The summed E-state index contributed by atoms with van der Waals surface area (Å²) in [5, 5.41) is 21.7. The molecule has 0 spiro atoms. The summed E-state index contributed by atoms with van der Waals surface area (Å²) in [5.41, 5.74) is 7.73. The number of nitrogen functional groups attached to an aromatic ring is 1. The molecule has 0 saturated heterocycles. The number of pyridine rings is 1. The van der Waals surface area contributed by atoms with Crippen molar-refractivity contribution in [2.75, 3.05) is 24.5 Å². The van der Waals surface area contributed by atoms with E-state index in [0.29, 0.717) is 6.42 Å². The number of carbonyl (C=O) groups is 1. The van der Waals surface area contributed by atoms with E-state index in [-0.39, 0.29) is 12.0 Å². The first kappa shape index (κ1) is 32.3. The molecule has 4 aromatic rings. The lowest BCUT2D eigenvalue weighted by molar-refractivity contribution is -0.417. The van der Waals surface area contributed by atoms with Crippen LogP contribution in [0, 0.1) is 20.2 Å². The number of rotatable bonds is 8. The average molecular weight is 597 g/mol. The number of hydrogen-bond acceptors (Lipinski definition) is 10. The van der Waals surface area contributed by atoms with Crippen LogP contribution < -0.4 is 5.73 Å². The number of nitro groups is 2. The van der Waals surface area contributed by atoms with Gasteiger partial charge in [0.2, 0.25) is 6.29 Å². The number of nitrogens with two attached hydrogens (primary N) is 1. The van der Waals surface area contributed by atoms with E-state index < -0.39 is 15.5 Å². The van der Waals surface area contributed by atoms with Crippen molar-refractivity contribution in [1.82, 2.24) is 4.98 Å². The Balaban J connectivity index is 0.000000218. The molecule has 0 fully saturated rings. The Bertz CT molecular complexity index is 1500. The second-order valence-corrected chi connectivity index (χ2v) is 10.5. The maximum atomic E-state index is 10.5. The van der Waals surface area contributed by atoms with E-state index in [2.05, 4.69) is 4.98 Å². The molecule has 12 heteroatoms. The lowest BCUT2D eigenvalue weighted by Gasteiger charge is -1.99. The van der Waals surface area contributed by atoms with Crippen molar-refractivity contribution in [2.45, 2.75) is 21.1 Å². The van der Waals surface area contributed by atoms with Crippen LogP contribution in [0.3, 0.4) is 0 Å². The summed E-state index contributed by atoms with van der Waals surface area (Å²) in [6.07, 6.45) is 9.24. The van der Waals surface area contributed by atoms with E-state index in [9.17, 15) is 25.0 Å². The monoisotopic (exact) mass is 596 g/mol. The molecule has 1 heterocycles. The number of allylic oxidation sites excluding steroid dienone is 2. The Labute approximate surface area is 245 Å². The fourth-order valence-electron chi connectivity index (χ4n) is 3.15. The zero-order valence-electron chi connectivity index (χ0n) is 22.1. The largest absolute Gasteiger partial charge is 0.399 e. The van der Waals surface area contributed by atoms with Gasteiger partial charge >= 0.3 is 5.70 Å². The third kappa shape index (κ3) is 10.7. The molecule has 3 aromatic carbocycles. The molecule has 40 heavy (non-hydrogen) atoms. The third-order valence-electron chi connectivity index (χ3n) is 5.19. The van der Waals surface area contributed by atoms with E-state index in [0.717, 1.165) is 31.9 Å². The number of carbonyl (C=O) groups excluding carboxylic acids is 1. The minimum absolute atomic E-state index is 0.0272. The summed E-state index contributed by atoms with van der Waals surface area (Å²) in [6, 6.07) is 22.8. The summed E-state index contributed by atoms with van der Waals surface area (Å²) < 4.78 is 0. The molecule has 2 N–H and O–H groups in total. The maximum absolute atomic E-state index is 10.5. The van der Waals surface area contributed by atoms with Crippen LogP contribution in [0.5, 0.6) is 0 Å². The summed E-state index contributed by atoms with van der Waals surface area (Å²) in [6.45, 7) is 0. The smallest absolute Gasteiger partial charge is 0.305 e. The fourth-order valence-corrected chi connectivity index (χ4v) is 4.53. The number of anilines is 1. The van der Waals surface area contributed by atoms with Gasteiger partial charge in [-0.3, -0.25) is 25.0 Å². The predicted molar refractivity (Wildman–Crippen MR) is 166 cm³/mol. The number of thioether (sulfide) groups is 3. The zero-order valence-corrected chi connectivity index (χ0v) is 24.5. The van der Waals surface area contributed by atoms with Crippen LogP contribution in [0.4, 0.5) is 11.4 Å². The third-order valence-corrected chi connectivity index (χ3v) is 7.37. The highest BCUT2D eigenvalue weighted by atomic mass is 32.2. The fraction of sp³-hybridized carbons (Fsp3) is 0.143. The van der Waals surface area contributed by atoms with Crippen LogP contribution in [0.15, 0.2) is 105 Å². The first-order valence-electron chi connectivity index (χ1n) is 11.6. The molecule has 0 unspecified atom stereocenters. The van der Waals surface area contributed by atoms with E-state index in [1.54, 1.807) is 35.3 Å². The Hall–Kier alpha value is -3.87. The van der Waals surface area contributed by atoms with Crippen LogP contribution in [-0.2, 0) is 11.2 Å². The highest BCUT2D eigenvalue weighted by molar-refractivity contribution is 7.99. The Kier molecular flexibility index (Phi) is 13.7. The average Bonchev–Trinajstić information content (AvgIpc) is 2.97. The normalized spacial score (nSPS) is 10.5. The Morgan fingerprint density at radius 3 is 2.05 bits per heavy atom. The first-order valence-corrected chi connectivity index (χ1v) is 15.3. The van der Waals surface area contributed by atoms with E-state index in [4.69, 9.17) is 5.73 Å². The summed E-state index contributed by atoms with van der Waals surface area (Å²) in [7, 11) is 0. The molecular formula is C28H28N4O5S3. The molecule has 0 atom stereocenters. The number of aldehydes is 1. The molecule has 208 valence electrons. The van der Waals surface area contributed by atoms with E-state index in [1.807, 2.05) is 85.5 Å². The van der Waals surface area contributed by atoms with Gasteiger partial charge in [0.05, 0.1) is 15.4 Å². The van der Waals surface area contributed by atoms with E-state index in [1.165, 1.54) is 23.2 Å².